The summed E-state index contributed by atoms with van der Waals surface area (Å²) < 4.78 is 17.8. The van der Waals surface area contributed by atoms with Crippen molar-refractivity contribution in [2.24, 2.45) is 4.99 Å². The van der Waals surface area contributed by atoms with Gasteiger partial charge in [0.25, 0.3) is 11.8 Å². The number of amides is 5. The van der Waals surface area contributed by atoms with E-state index < -0.39 is 41.5 Å². The second-order valence-electron chi connectivity index (χ2n) is 14.5. The molecule has 0 saturated carbocycles. The Morgan fingerprint density at radius 1 is 0.964 bits per heavy atom. The molecule has 2 aromatic heterocycles. The number of carbonyl (C=O) groups excluding carboxylic acids is 5. The van der Waals surface area contributed by atoms with E-state index in [0.29, 0.717) is 50.1 Å². The molecule has 2 atom stereocenters. The number of nitrogens with zero attached hydrogens (tertiary/aromatic N) is 7. The van der Waals surface area contributed by atoms with Crippen LogP contribution >= 0.6 is 22.9 Å². The number of thiophene rings is 1. The summed E-state index contributed by atoms with van der Waals surface area (Å²) in [6.45, 7) is 9.97. The molecule has 2 N–H and O–H groups in total. The van der Waals surface area contributed by atoms with Gasteiger partial charge in [-0.05, 0) is 51.0 Å². The number of aliphatic imine (C=N–C) groups is 1. The fourth-order valence-corrected chi connectivity index (χ4v) is 9.17. The fourth-order valence-electron chi connectivity index (χ4n) is 7.83. The molecule has 56 heavy (non-hydrogen) atoms. The maximum Gasteiger partial charge on any atom is 0.265 e. The van der Waals surface area contributed by atoms with Crippen LogP contribution in [-0.2, 0) is 20.9 Å². The molecular formula is C39H39ClFN9O5S. The Hall–Kier alpha value is -5.16. The van der Waals surface area contributed by atoms with Crippen LogP contribution in [0.15, 0.2) is 41.4 Å². The minimum absolute atomic E-state index is 0.000691. The quantitative estimate of drug-likeness (QED) is 0.241. The molecule has 1 unspecified atom stereocenters. The zero-order chi connectivity index (χ0) is 39.4. The minimum Gasteiger partial charge on any atom is -0.355 e. The van der Waals surface area contributed by atoms with E-state index in [4.69, 9.17) is 16.6 Å². The molecule has 0 aliphatic carbocycles. The highest BCUT2D eigenvalue weighted by atomic mass is 35.5. The summed E-state index contributed by atoms with van der Waals surface area (Å²) in [7, 11) is 0. The summed E-state index contributed by atoms with van der Waals surface area (Å²) in [5, 5.41) is 15.7. The van der Waals surface area contributed by atoms with Gasteiger partial charge in [-0.1, -0.05) is 29.8 Å². The van der Waals surface area contributed by atoms with Gasteiger partial charge in [-0.15, -0.1) is 21.5 Å². The molecule has 2 saturated heterocycles. The number of hydrogen-bond acceptors (Lipinski definition) is 11. The zero-order valence-electron chi connectivity index (χ0n) is 31.0. The number of nitrogens with one attached hydrogen (secondary N) is 2. The van der Waals surface area contributed by atoms with Gasteiger partial charge < -0.3 is 5.32 Å². The number of piperazine rings is 1. The smallest absolute Gasteiger partial charge is 0.265 e. The summed E-state index contributed by atoms with van der Waals surface area (Å²) in [6, 6.07) is 8.77. The predicted molar refractivity (Wildman–Crippen MR) is 206 cm³/mol. The highest BCUT2D eigenvalue weighted by Crippen LogP contribution is 2.40. The standard InChI is InChI=1S/C39H39ClFN9O5S/c1-20-21(2)56-39-31(20)34(23-4-7-25(40)8-5-23)43-27(35-46-45-22(3)49(35)39)18-30(52)42-12-13-47-14-16-48(17-15-47)19-24-6-9-26-32(33(24)41)38(55)50(37(26)54)28-10-11-29(51)44-36(28)53/h4-9,27-28H,10-19H2,1-3H3,(H,42,52)(H,44,51,53)/t27-,28?/m0/s1. The van der Waals surface area contributed by atoms with E-state index in [-0.39, 0.29) is 48.4 Å². The van der Waals surface area contributed by atoms with Gasteiger partial charge in [0.15, 0.2) is 5.82 Å². The summed E-state index contributed by atoms with van der Waals surface area (Å²) in [4.78, 5) is 75.2. The Balaban J connectivity index is 0.875. The normalized spacial score (nSPS) is 20.0. The second kappa shape index (κ2) is 15.1. The maximum absolute atomic E-state index is 15.8. The van der Waals surface area contributed by atoms with E-state index in [9.17, 15) is 24.0 Å². The van der Waals surface area contributed by atoms with Crippen LogP contribution in [0.4, 0.5) is 4.39 Å². The first-order chi connectivity index (χ1) is 26.9. The van der Waals surface area contributed by atoms with Crippen molar-refractivity contribution >= 4 is 58.2 Å². The molecule has 0 radical (unpaired) electrons. The molecule has 4 aromatic rings. The van der Waals surface area contributed by atoms with Crippen molar-refractivity contribution in [1.29, 1.82) is 0 Å². The van der Waals surface area contributed by atoms with Crippen LogP contribution in [0.5, 0.6) is 0 Å². The summed E-state index contributed by atoms with van der Waals surface area (Å²) in [6.07, 6.45) is 0.0694. The van der Waals surface area contributed by atoms with Gasteiger partial charge in [0.05, 0.1) is 23.3 Å². The molecule has 6 heterocycles. The lowest BCUT2D eigenvalue weighted by Gasteiger charge is -2.34. The fraction of sp³-hybridized carbons (Fsp3) is 0.385. The van der Waals surface area contributed by atoms with Gasteiger partial charge in [0.1, 0.15) is 28.7 Å². The Kier molecular flexibility index (Phi) is 10.2. The Bertz CT molecular complexity index is 2330. The van der Waals surface area contributed by atoms with Crippen molar-refractivity contribution in [2.75, 3.05) is 39.3 Å². The molecule has 0 bridgehead atoms. The largest absolute Gasteiger partial charge is 0.355 e. The first-order valence-corrected chi connectivity index (χ1v) is 19.7. The number of piperidine rings is 1. The molecule has 2 fully saturated rings. The van der Waals surface area contributed by atoms with Crippen molar-refractivity contribution in [1.82, 2.24) is 40.1 Å². The first-order valence-electron chi connectivity index (χ1n) is 18.5. The van der Waals surface area contributed by atoms with E-state index in [0.717, 1.165) is 43.0 Å². The van der Waals surface area contributed by atoms with Gasteiger partial charge >= 0.3 is 0 Å². The summed E-state index contributed by atoms with van der Waals surface area (Å²) in [5.74, 6) is -2.41. The Labute approximate surface area is 330 Å². The molecule has 4 aliphatic heterocycles. The third-order valence-electron chi connectivity index (χ3n) is 11.0. The third kappa shape index (κ3) is 6.84. The van der Waals surface area contributed by atoms with Crippen LogP contribution < -0.4 is 10.6 Å². The second-order valence-corrected chi connectivity index (χ2v) is 16.1. The van der Waals surface area contributed by atoms with Gasteiger partial charge in [0, 0.05) is 78.8 Å². The minimum atomic E-state index is -1.16. The van der Waals surface area contributed by atoms with E-state index >= 15 is 4.39 Å². The topological polar surface area (TPSA) is 162 Å². The van der Waals surface area contributed by atoms with Crippen molar-refractivity contribution in [3.05, 3.63) is 97.1 Å². The van der Waals surface area contributed by atoms with Crippen LogP contribution in [0.3, 0.4) is 0 Å². The number of hydrogen-bond donors (Lipinski definition) is 2. The number of aromatic nitrogens is 3. The number of imide groups is 2. The number of aryl methyl sites for hydroxylation is 2. The predicted octanol–water partition coefficient (Wildman–Crippen LogP) is 3.66. The van der Waals surface area contributed by atoms with Crippen LogP contribution in [0.2, 0.25) is 5.02 Å². The van der Waals surface area contributed by atoms with E-state index in [2.05, 4.69) is 44.5 Å². The van der Waals surface area contributed by atoms with Crippen LogP contribution in [-0.4, -0.2) is 110 Å². The number of carbonyl (C=O) groups is 5. The highest BCUT2D eigenvalue weighted by molar-refractivity contribution is 7.15. The lowest BCUT2D eigenvalue weighted by molar-refractivity contribution is -0.136. The van der Waals surface area contributed by atoms with Crippen molar-refractivity contribution < 1.29 is 28.4 Å². The number of rotatable bonds is 9. The van der Waals surface area contributed by atoms with Crippen molar-refractivity contribution in [3.8, 4) is 5.00 Å². The Morgan fingerprint density at radius 3 is 2.43 bits per heavy atom. The van der Waals surface area contributed by atoms with Gasteiger partial charge in [-0.25, -0.2) is 4.39 Å². The molecule has 4 aliphatic rings. The van der Waals surface area contributed by atoms with E-state index in [1.165, 1.54) is 12.1 Å². The Morgan fingerprint density at radius 2 is 1.70 bits per heavy atom. The van der Waals surface area contributed by atoms with E-state index in [1.54, 1.807) is 11.3 Å². The lowest BCUT2D eigenvalue weighted by atomic mass is 9.99. The van der Waals surface area contributed by atoms with Gasteiger partial charge in [-0.3, -0.25) is 53.5 Å². The lowest BCUT2D eigenvalue weighted by Crippen LogP contribution is -2.54. The number of halogens is 2. The van der Waals surface area contributed by atoms with Crippen molar-refractivity contribution in [2.45, 2.75) is 58.7 Å². The monoisotopic (exact) mass is 799 g/mol. The van der Waals surface area contributed by atoms with Crippen molar-refractivity contribution in [3.63, 3.8) is 0 Å². The molecule has 17 heteroatoms. The van der Waals surface area contributed by atoms with E-state index in [1.807, 2.05) is 35.8 Å². The average molecular weight is 800 g/mol. The number of fused-ring (bicyclic) bond motifs is 4. The average Bonchev–Trinajstić information content (AvgIpc) is 3.74. The first kappa shape index (κ1) is 37.7. The highest BCUT2D eigenvalue weighted by Gasteiger charge is 2.46. The number of benzene rings is 2. The summed E-state index contributed by atoms with van der Waals surface area (Å²) in [5.41, 5.74) is 3.66. The van der Waals surface area contributed by atoms with Gasteiger partial charge in [-0.2, -0.15) is 0 Å². The molecular weight excluding hydrogens is 761 g/mol. The summed E-state index contributed by atoms with van der Waals surface area (Å²) >= 11 is 7.88. The van der Waals surface area contributed by atoms with Gasteiger partial charge in [0.2, 0.25) is 17.7 Å². The SMILES string of the molecule is Cc1sc2c(c1C)C(c1ccc(Cl)cc1)=N[C@@H](CC(=O)NCCN1CCN(Cc3ccc4c(c3F)C(=O)N(C3CCC(=O)NC3=O)C4=O)CC1)c1nnc(C)n1-2. The molecule has 5 amide bonds. The molecule has 2 aromatic carbocycles. The maximum atomic E-state index is 15.8. The molecule has 8 rings (SSSR count). The molecule has 0 spiro atoms. The third-order valence-corrected chi connectivity index (χ3v) is 12.4. The molecule has 290 valence electrons. The molecule has 14 nitrogen and oxygen atoms in total. The van der Waals surface area contributed by atoms with Crippen LogP contribution in [0.25, 0.3) is 5.00 Å². The van der Waals surface area contributed by atoms with Crippen LogP contribution in [0.1, 0.15) is 84.8 Å². The zero-order valence-corrected chi connectivity index (χ0v) is 32.6. The van der Waals surface area contributed by atoms with Crippen LogP contribution in [0, 0.1) is 26.6 Å².